The zero-order chi connectivity index (χ0) is 63.8. The smallest absolute Gasteiger partial charge is 0.309 e. The van der Waals surface area contributed by atoms with Crippen molar-refractivity contribution in [3.8, 4) is 45.3 Å². The maximum atomic E-state index is 17.2. The van der Waals surface area contributed by atoms with Gasteiger partial charge in [0.2, 0.25) is 0 Å². The molecule has 0 saturated carbocycles. The Bertz CT molecular complexity index is 6170. The van der Waals surface area contributed by atoms with Crippen molar-refractivity contribution >= 4 is 131 Å². The van der Waals surface area contributed by atoms with Crippen LogP contribution < -0.4 is 0 Å². The standard InChI is InChI=1S/C85H49F5N6/c86-51-41-50(42-52(87)43-51)65-48-84(96-81-39-35-55(93-75-29-13-5-21-61(75)62-22-6-14-30-76(62)93)46-68(81)69-47-56(36-40-82(69)96)94-77-31-15-7-23-63(77)64-24-8-16-32-78(64)94)70(85(88,89)90)49-83(65)95-79-37-33-53(91-71-25-9-1-17-57(71)58-18-2-10-26-72(58)91)44-66(79)67-45-54(34-38-80(67)95)92-73-27-11-3-19-59(73)60-20-4-12-28-74(60)92/h1-49H. The predicted molar refractivity (Wildman–Crippen MR) is 383 cm³/mol. The lowest BCUT2D eigenvalue weighted by Gasteiger charge is -2.22. The van der Waals surface area contributed by atoms with Crippen LogP contribution >= 0.6 is 0 Å². The molecule has 20 aromatic rings. The number of para-hydroxylation sites is 8. The van der Waals surface area contributed by atoms with E-state index in [1.165, 1.54) is 24.3 Å². The van der Waals surface area contributed by atoms with Crippen LogP contribution in [0.15, 0.2) is 297 Å². The molecule has 454 valence electrons. The zero-order valence-corrected chi connectivity index (χ0v) is 50.9. The monoisotopic (exact) mass is 1250 g/mol. The lowest BCUT2D eigenvalue weighted by Crippen LogP contribution is -2.13. The molecular formula is C85H49F5N6. The van der Waals surface area contributed by atoms with E-state index in [1.807, 2.05) is 150 Å². The van der Waals surface area contributed by atoms with Crippen molar-refractivity contribution in [1.29, 1.82) is 0 Å². The van der Waals surface area contributed by atoms with Crippen LogP contribution in [0, 0.1) is 11.6 Å². The summed E-state index contributed by atoms with van der Waals surface area (Å²) >= 11 is 0. The van der Waals surface area contributed by atoms with Gasteiger partial charge in [0.05, 0.1) is 83.1 Å². The molecule has 0 aliphatic carbocycles. The Labute approximate surface area is 543 Å². The van der Waals surface area contributed by atoms with E-state index in [0.29, 0.717) is 32.8 Å². The predicted octanol–water partition coefficient (Wildman–Crippen LogP) is 23.2. The first kappa shape index (κ1) is 54.1. The maximum Gasteiger partial charge on any atom is 0.418 e. The highest BCUT2D eigenvalue weighted by Gasteiger charge is 2.37. The summed E-state index contributed by atoms with van der Waals surface area (Å²) in [4.78, 5) is 0. The molecule has 11 heteroatoms. The number of aromatic nitrogens is 6. The van der Waals surface area contributed by atoms with Gasteiger partial charge in [-0.3, -0.25) is 0 Å². The fraction of sp³-hybridized carbons (Fsp3) is 0.0118. The Morgan fingerprint density at radius 2 is 0.448 bits per heavy atom. The molecule has 6 nitrogen and oxygen atoms in total. The Morgan fingerprint density at radius 3 is 0.708 bits per heavy atom. The van der Waals surface area contributed by atoms with E-state index in [-0.39, 0.29) is 22.5 Å². The molecule has 0 spiro atoms. The molecule has 20 rings (SSSR count). The molecule has 0 N–H and O–H groups in total. The first-order chi connectivity index (χ1) is 47.1. The molecule has 0 aliphatic heterocycles. The molecular weight excluding hydrogens is 1200 g/mol. The van der Waals surface area contributed by atoms with Gasteiger partial charge in [-0.1, -0.05) is 146 Å². The fourth-order valence-electron chi connectivity index (χ4n) is 16.0. The second-order valence-corrected chi connectivity index (χ2v) is 25.0. The van der Waals surface area contributed by atoms with Crippen LogP contribution in [0.5, 0.6) is 0 Å². The number of hydrogen-bond donors (Lipinski definition) is 0. The molecule has 0 fully saturated rings. The molecule has 0 aliphatic rings. The third-order valence-electron chi connectivity index (χ3n) is 19.9. The Morgan fingerprint density at radius 1 is 0.208 bits per heavy atom. The maximum absolute atomic E-state index is 17.2. The quantitative estimate of drug-likeness (QED) is 0.142. The Hall–Kier alpha value is -12.5. The number of hydrogen-bond acceptors (Lipinski definition) is 0. The summed E-state index contributed by atoms with van der Waals surface area (Å²) in [6.07, 6.45) is -4.99. The Kier molecular flexibility index (Phi) is 11.3. The van der Waals surface area contributed by atoms with E-state index in [1.54, 1.807) is 4.57 Å². The van der Waals surface area contributed by atoms with Crippen LogP contribution in [0.3, 0.4) is 0 Å². The summed E-state index contributed by atoms with van der Waals surface area (Å²) in [7, 11) is 0. The fourth-order valence-corrected chi connectivity index (χ4v) is 16.0. The first-order valence-corrected chi connectivity index (χ1v) is 31.9. The molecule has 0 unspecified atom stereocenters. The molecule has 0 saturated heterocycles. The van der Waals surface area contributed by atoms with Gasteiger partial charge in [0.1, 0.15) is 11.6 Å². The van der Waals surface area contributed by atoms with Crippen LogP contribution in [0.1, 0.15) is 5.56 Å². The number of alkyl halides is 3. The van der Waals surface area contributed by atoms with E-state index in [4.69, 9.17) is 0 Å². The topological polar surface area (TPSA) is 29.6 Å². The van der Waals surface area contributed by atoms with Crippen LogP contribution in [0.4, 0.5) is 22.0 Å². The van der Waals surface area contributed by atoms with E-state index in [2.05, 4.69) is 140 Å². The van der Waals surface area contributed by atoms with Crippen molar-refractivity contribution in [2.75, 3.05) is 0 Å². The number of rotatable bonds is 7. The molecule has 0 atom stereocenters. The molecule has 0 bridgehead atoms. The van der Waals surface area contributed by atoms with Gasteiger partial charge in [-0.15, -0.1) is 0 Å². The minimum Gasteiger partial charge on any atom is -0.309 e. The van der Waals surface area contributed by atoms with Gasteiger partial charge in [-0.05, 0) is 151 Å². The lowest BCUT2D eigenvalue weighted by molar-refractivity contribution is -0.137. The average molecular weight is 1250 g/mol. The van der Waals surface area contributed by atoms with Gasteiger partial charge in [0, 0.05) is 99.0 Å². The van der Waals surface area contributed by atoms with Crippen molar-refractivity contribution in [3.05, 3.63) is 314 Å². The summed E-state index contributed by atoms with van der Waals surface area (Å²) in [6, 6.07) is 95.9. The number of nitrogens with zero attached hydrogens (tertiary/aromatic N) is 6. The highest BCUT2D eigenvalue weighted by atomic mass is 19.4. The zero-order valence-electron chi connectivity index (χ0n) is 50.9. The number of benzene rings is 14. The van der Waals surface area contributed by atoms with E-state index < -0.39 is 23.4 Å². The second-order valence-electron chi connectivity index (χ2n) is 25.0. The number of fused-ring (bicyclic) bond motifs is 18. The molecule has 0 radical (unpaired) electrons. The van der Waals surface area contributed by atoms with E-state index >= 15 is 22.0 Å². The summed E-state index contributed by atoms with van der Waals surface area (Å²) in [5, 5.41) is 11.5. The molecule has 6 aromatic heterocycles. The summed E-state index contributed by atoms with van der Waals surface area (Å²) in [5.74, 6) is -1.75. The minimum atomic E-state index is -4.99. The van der Waals surface area contributed by atoms with Crippen molar-refractivity contribution in [2.24, 2.45) is 0 Å². The van der Waals surface area contributed by atoms with Gasteiger partial charge >= 0.3 is 6.18 Å². The summed E-state index contributed by atoms with van der Waals surface area (Å²) in [5.41, 5.74) is 12.5. The van der Waals surface area contributed by atoms with Gasteiger partial charge in [0.15, 0.2) is 0 Å². The van der Waals surface area contributed by atoms with E-state index in [9.17, 15) is 0 Å². The summed E-state index contributed by atoms with van der Waals surface area (Å²) < 4.78 is 96.5. The summed E-state index contributed by atoms with van der Waals surface area (Å²) in [6.45, 7) is 0. The minimum absolute atomic E-state index is 0.0549. The third-order valence-corrected chi connectivity index (χ3v) is 19.9. The van der Waals surface area contributed by atoms with Crippen LogP contribution in [0.25, 0.3) is 176 Å². The van der Waals surface area contributed by atoms with Crippen molar-refractivity contribution in [3.63, 3.8) is 0 Å². The van der Waals surface area contributed by atoms with E-state index in [0.717, 1.165) is 127 Å². The van der Waals surface area contributed by atoms with Gasteiger partial charge in [-0.25, -0.2) is 8.78 Å². The van der Waals surface area contributed by atoms with Gasteiger partial charge in [-0.2, -0.15) is 13.2 Å². The number of halogens is 5. The van der Waals surface area contributed by atoms with Crippen molar-refractivity contribution < 1.29 is 22.0 Å². The van der Waals surface area contributed by atoms with Crippen LogP contribution in [0.2, 0.25) is 0 Å². The Balaban J connectivity index is 0.888. The van der Waals surface area contributed by atoms with Crippen LogP contribution in [-0.2, 0) is 6.18 Å². The normalized spacial score (nSPS) is 12.4. The molecule has 96 heavy (non-hydrogen) atoms. The third kappa shape index (κ3) is 7.73. The molecule has 14 aromatic carbocycles. The first-order valence-electron chi connectivity index (χ1n) is 31.9. The van der Waals surface area contributed by atoms with Crippen molar-refractivity contribution in [2.45, 2.75) is 6.18 Å². The van der Waals surface area contributed by atoms with Crippen molar-refractivity contribution in [1.82, 2.24) is 27.4 Å². The highest BCUT2D eigenvalue weighted by Crippen LogP contribution is 2.48. The average Bonchev–Trinajstić information content (AvgIpc) is 1.52. The van der Waals surface area contributed by atoms with Gasteiger partial charge in [0.25, 0.3) is 0 Å². The van der Waals surface area contributed by atoms with Crippen LogP contribution in [-0.4, -0.2) is 27.4 Å². The lowest BCUT2D eigenvalue weighted by atomic mass is 9.98. The molecule has 0 amide bonds. The largest absolute Gasteiger partial charge is 0.418 e. The highest BCUT2D eigenvalue weighted by molar-refractivity contribution is 6.17. The molecule has 6 heterocycles. The van der Waals surface area contributed by atoms with Gasteiger partial charge < -0.3 is 27.4 Å². The SMILES string of the molecule is Fc1cc(F)cc(-c2cc(-n3c4ccc(-n5c6ccccc6c6ccccc65)cc4c4cc(-n5c6ccccc6c6ccccc65)ccc43)c(C(F)(F)F)cc2-n2c3ccc(-n4c5ccccc5c5ccccc54)cc3c3cc(-n4c5ccccc5c5ccccc54)ccc32)c1. The second kappa shape index (κ2) is 20.0.